The molecule has 5 heteroatoms. The molecule has 1 aliphatic heterocycles. The van der Waals surface area contributed by atoms with Gasteiger partial charge in [0.25, 0.3) is 5.69 Å². The molecule has 1 heterocycles. The Morgan fingerprint density at radius 1 is 1.50 bits per heavy atom. The Kier molecular flexibility index (Phi) is 4.15. The highest BCUT2D eigenvalue weighted by molar-refractivity contribution is 5.45. The first-order chi connectivity index (χ1) is 8.66. The van der Waals surface area contributed by atoms with E-state index in [-0.39, 0.29) is 10.6 Å². The van der Waals surface area contributed by atoms with Gasteiger partial charge in [0, 0.05) is 11.6 Å². The Labute approximate surface area is 106 Å². The maximum Gasteiger partial charge on any atom is 0.276 e. The maximum absolute atomic E-state index is 10.8. The Balaban J connectivity index is 1.96. The summed E-state index contributed by atoms with van der Waals surface area (Å²) in [6.07, 6.45) is 3.54. The van der Waals surface area contributed by atoms with Crippen molar-refractivity contribution in [1.82, 2.24) is 5.32 Å². The molecular formula is C13H18N2O3. The zero-order valence-corrected chi connectivity index (χ0v) is 10.5. The van der Waals surface area contributed by atoms with Gasteiger partial charge in [-0.2, -0.15) is 0 Å². The molecule has 0 saturated carbocycles. The summed E-state index contributed by atoms with van der Waals surface area (Å²) in [6.45, 7) is 3.33. The average molecular weight is 250 g/mol. The lowest BCUT2D eigenvalue weighted by Gasteiger charge is -2.23. The number of piperidine rings is 1. The van der Waals surface area contributed by atoms with Crippen LogP contribution in [0.2, 0.25) is 0 Å². The molecule has 0 aromatic heterocycles. The van der Waals surface area contributed by atoms with Crippen molar-refractivity contribution in [1.29, 1.82) is 0 Å². The van der Waals surface area contributed by atoms with E-state index in [2.05, 4.69) is 5.32 Å². The molecule has 1 N–H and O–H groups in total. The summed E-state index contributed by atoms with van der Waals surface area (Å²) in [4.78, 5) is 10.4. The molecule has 0 bridgehead atoms. The van der Waals surface area contributed by atoms with E-state index in [0.29, 0.717) is 24.0 Å². The second-order valence-electron chi connectivity index (χ2n) is 4.66. The fourth-order valence-electron chi connectivity index (χ4n) is 2.14. The molecule has 1 aliphatic rings. The van der Waals surface area contributed by atoms with Crippen LogP contribution in [0.3, 0.4) is 0 Å². The minimum absolute atomic E-state index is 0.115. The Bertz CT molecular complexity index is 428. The molecule has 2 rings (SSSR count). The van der Waals surface area contributed by atoms with Crippen LogP contribution in [0.1, 0.15) is 24.8 Å². The lowest BCUT2D eigenvalue weighted by Crippen LogP contribution is -2.38. The predicted octanol–water partition coefficient (Wildman–Crippen LogP) is 2.42. The topological polar surface area (TPSA) is 64.4 Å². The van der Waals surface area contributed by atoms with Gasteiger partial charge in [0.05, 0.1) is 11.0 Å². The van der Waals surface area contributed by atoms with Gasteiger partial charge >= 0.3 is 0 Å². The summed E-state index contributed by atoms with van der Waals surface area (Å²) in [6, 6.07) is 5.37. The fourth-order valence-corrected chi connectivity index (χ4v) is 2.14. The SMILES string of the molecule is Cc1ccc(OCC2CCCCN2)cc1[N+](=O)[O-]. The number of nitro benzene ring substituents is 1. The molecule has 1 unspecified atom stereocenters. The van der Waals surface area contributed by atoms with E-state index in [4.69, 9.17) is 4.74 Å². The van der Waals surface area contributed by atoms with E-state index < -0.39 is 0 Å². The molecule has 1 saturated heterocycles. The third-order valence-electron chi connectivity index (χ3n) is 3.24. The highest BCUT2D eigenvalue weighted by atomic mass is 16.6. The van der Waals surface area contributed by atoms with Gasteiger partial charge in [-0.05, 0) is 38.4 Å². The molecule has 0 amide bonds. The van der Waals surface area contributed by atoms with Crippen LogP contribution in [-0.4, -0.2) is 24.1 Å². The molecule has 18 heavy (non-hydrogen) atoms. The third-order valence-corrected chi connectivity index (χ3v) is 3.24. The first-order valence-corrected chi connectivity index (χ1v) is 6.28. The second-order valence-corrected chi connectivity index (χ2v) is 4.66. The first kappa shape index (κ1) is 12.8. The zero-order valence-electron chi connectivity index (χ0n) is 10.5. The lowest BCUT2D eigenvalue weighted by molar-refractivity contribution is -0.385. The standard InChI is InChI=1S/C13H18N2O3/c1-10-5-6-12(8-13(10)15(16)17)18-9-11-4-2-3-7-14-11/h5-6,8,11,14H,2-4,7,9H2,1H3. The summed E-state index contributed by atoms with van der Waals surface area (Å²) in [5.41, 5.74) is 0.771. The number of benzene rings is 1. The van der Waals surface area contributed by atoms with Crippen LogP contribution >= 0.6 is 0 Å². The molecule has 0 aliphatic carbocycles. The van der Waals surface area contributed by atoms with Crippen molar-refractivity contribution in [3.63, 3.8) is 0 Å². The van der Waals surface area contributed by atoms with Crippen LogP contribution in [-0.2, 0) is 0 Å². The van der Waals surface area contributed by atoms with E-state index in [1.807, 2.05) is 0 Å². The van der Waals surface area contributed by atoms with E-state index in [9.17, 15) is 10.1 Å². The maximum atomic E-state index is 10.8. The van der Waals surface area contributed by atoms with Gasteiger partial charge in [0.2, 0.25) is 0 Å². The van der Waals surface area contributed by atoms with Crippen molar-refractivity contribution in [2.45, 2.75) is 32.2 Å². The molecule has 5 nitrogen and oxygen atoms in total. The van der Waals surface area contributed by atoms with Gasteiger partial charge < -0.3 is 10.1 Å². The monoisotopic (exact) mass is 250 g/mol. The molecule has 1 fully saturated rings. The highest BCUT2D eigenvalue weighted by Crippen LogP contribution is 2.24. The summed E-state index contributed by atoms with van der Waals surface area (Å²) < 4.78 is 5.62. The third kappa shape index (κ3) is 3.20. The minimum atomic E-state index is -0.374. The second kappa shape index (κ2) is 5.82. The number of rotatable bonds is 4. The van der Waals surface area contributed by atoms with E-state index >= 15 is 0 Å². The van der Waals surface area contributed by atoms with Gasteiger partial charge in [-0.3, -0.25) is 10.1 Å². The summed E-state index contributed by atoms with van der Waals surface area (Å²) in [5.74, 6) is 0.569. The number of ether oxygens (including phenoxy) is 1. The van der Waals surface area contributed by atoms with Crippen LogP contribution in [0.15, 0.2) is 18.2 Å². The van der Waals surface area contributed by atoms with Crippen LogP contribution in [0.4, 0.5) is 5.69 Å². The molecule has 98 valence electrons. The quantitative estimate of drug-likeness (QED) is 0.658. The Hall–Kier alpha value is -1.62. The van der Waals surface area contributed by atoms with Gasteiger partial charge in [-0.1, -0.05) is 6.42 Å². The molecule has 1 aromatic rings. The molecule has 1 atom stereocenters. The van der Waals surface area contributed by atoms with Gasteiger partial charge in [-0.25, -0.2) is 0 Å². The average Bonchev–Trinajstić information content (AvgIpc) is 2.38. The predicted molar refractivity (Wildman–Crippen MR) is 69.0 cm³/mol. The van der Waals surface area contributed by atoms with E-state index in [0.717, 1.165) is 13.0 Å². The normalized spacial score (nSPS) is 19.5. The Morgan fingerprint density at radius 2 is 2.33 bits per heavy atom. The van der Waals surface area contributed by atoms with Crippen LogP contribution in [0, 0.1) is 17.0 Å². The molecule has 0 radical (unpaired) electrons. The fraction of sp³-hybridized carbons (Fsp3) is 0.538. The molecule has 0 spiro atoms. The number of nitro groups is 1. The summed E-state index contributed by atoms with van der Waals surface area (Å²) in [5, 5.41) is 14.2. The zero-order chi connectivity index (χ0) is 13.0. The lowest BCUT2D eigenvalue weighted by atomic mass is 10.1. The summed E-state index contributed by atoms with van der Waals surface area (Å²) >= 11 is 0. The number of hydrogen-bond acceptors (Lipinski definition) is 4. The van der Waals surface area contributed by atoms with Crippen molar-refractivity contribution < 1.29 is 9.66 Å². The number of nitrogens with zero attached hydrogens (tertiary/aromatic N) is 1. The van der Waals surface area contributed by atoms with Crippen molar-refractivity contribution in [2.24, 2.45) is 0 Å². The first-order valence-electron chi connectivity index (χ1n) is 6.28. The van der Waals surface area contributed by atoms with Gasteiger partial charge in [0.1, 0.15) is 12.4 Å². The van der Waals surface area contributed by atoms with Crippen molar-refractivity contribution >= 4 is 5.69 Å². The van der Waals surface area contributed by atoms with Crippen LogP contribution in [0.5, 0.6) is 5.75 Å². The van der Waals surface area contributed by atoms with Crippen LogP contribution in [0.25, 0.3) is 0 Å². The number of hydrogen-bond donors (Lipinski definition) is 1. The minimum Gasteiger partial charge on any atom is -0.492 e. The smallest absolute Gasteiger partial charge is 0.276 e. The van der Waals surface area contributed by atoms with Crippen molar-refractivity contribution in [3.8, 4) is 5.75 Å². The van der Waals surface area contributed by atoms with Gasteiger partial charge in [-0.15, -0.1) is 0 Å². The highest BCUT2D eigenvalue weighted by Gasteiger charge is 2.15. The van der Waals surface area contributed by atoms with Gasteiger partial charge in [0.15, 0.2) is 0 Å². The Morgan fingerprint density at radius 3 is 3.00 bits per heavy atom. The van der Waals surface area contributed by atoms with E-state index in [1.165, 1.54) is 18.9 Å². The molecule has 1 aromatic carbocycles. The summed E-state index contributed by atoms with van der Waals surface area (Å²) in [7, 11) is 0. The number of nitrogens with one attached hydrogen (secondary N) is 1. The number of aryl methyl sites for hydroxylation is 1. The van der Waals surface area contributed by atoms with Crippen molar-refractivity contribution in [2.75, 3.05) is 13.2 Å². The van der Waals surface area contributed by atoms with Crippen LogP contribution < -0.4 is 10.1 Å². The largest absolute Gasteiger partial charge is 0.492 e. The van der Waals surface area contributed by atoms with E-state index in [1.54, 1.807) is 19.1 Å². The van der Waals surface area contributed by atoms with Crippen molar-refractivity contribution in [3.05, 3.63) is 33.9 Å². The molecular weight excluding hydrogens is 232 g/mol.